The van der Waals surface area contributed by atoms with Crippen molar-refractivity contribution in [2.24, 2.45) is 0 Å². The van der Waals surface area contributed by atoms with Gasteiger partial charge in [0.25, 0.3) is 0 Å². The van der Waals surface area contributed by atoms with Crippen LogP contribution in [0.2, 0.25) is 5.02 Å². The molecular formula is C14H22ClNO2. The van der Waals surface area contributed by atoms with Crippen molar-refractivity contribution >= 4 is 11.6 Å². The van der Waals surface area contributed by atoms with Crippen LogP contribution in [-0.2, 0) is 0 Å². The zero-order valence-electron chi connectivity index (χ0n) is 11.5. The minimum absolute atomic E-state index is 0.0537. The van der Waals surface area contributed by atoms with E-state index in [9.17, 15) is 5.11 Å². The summed E-state index contributed by atoms with van der Waals surface area (Å²) in [5.74, 6) is 0.669. The van der Waals surface area contributed by atoms with Crippen LogP contribution in [0, 0.1) is 0 Å². The van der Waals surface area contributed by atoms with Crippen LogP contribution in [0.1, 0.15) is 38.9 Å². The smallest absolute Gasteiger partial charge is 0.124 e. The van der Waals surface area contributed by atoms with Gasteiger partial charge in [-0.1, -0.05) is 11.6 Å². The van der Waals surface area contributed by atoms with Crippen LogP contribution in [0.4, 0.5) is 0 Å². The van der Waals surface area contributed by atoms with E-state index >= 15 is 0 Å². The summed E-state index contributed by atoms with van der Waals surface area (Å²) in [6.45, 7) is 7.03. The number of halogens is 1. The number of ether oxygens (including phenoxy) is 1. The molecular weight excluding hydrogens is 250 g/mol. The Bertz CT molecular complexity index is 388. The lowest BCUT2D eigenvalue weighted by Crippen LogP contribution is -2.36. The molecule has 18 heavy (non-hydrogen) atoms. The van der Waals surface area contributed by atoms with Crippen molar-refractivity contribution in [3.8, 4) is 5.75 Å². The number of aliphatic hydroxyl groups is 1. The van der Waals surface area contributed by atoms with Gasteiger partial charge in [-0.05, 0) is 51.9 Å². The molecule has 0 fully saturated rings. The quantitative estimate of drug-likeness (QED) is 0.864. The molecule has 1 aromatic rings. The maximum atomic E-state index is 10.2. The molecule has 1 aromatic carbocycles. The SMILES string of the molecule is COc1ccc(Cl)cc1C(O)CCNC(C)(C)C. The third-order valence-corrected chi connectivity index (χ3v) is 2.86. The standard InChI is InChI=1S/C14H22ClNO2/c1-14(2,3)16-8-7-12(17)11-9-10(15)5-6-13(11)18-4/h5-6,9,12,16-17H,7-8H2,1-4H3. The largest absolute Gasteiger partial charge is 0.496 e. The molecule has 0 aromatic heterocycles. The Labute approximate surface area is 114 Å². The summed E-state index contributed by atoms with van der Waals surface area (Å²) < 4.78 is 5.23. The van der Waals surface area contributed by atoms with Crippen molar-refractivity contribution in [2.45, 2.75) is 38.8 Å². The van der Waals surface area contributed by atoms with E-state index in [1.807, 2.05) is 0 Å². The molecule has 1 rings (SSSR count). The van der Waals surface area contributed by atoms with Gasteiger partial charge in [-0.25, -0.2) is 0 Å². The summed E-state index contributed by atoms with van der Waals surface area (Å²) >= 11 is 5.94. The third kappa shape index (κ3) is 4.84. The lowest BCUT2D eigenvalue weighted by atomic mass is 10.0. The lowest BCUT2D eigenvalue weighted by molar-refractivity contribution is 0.159. The number of hydrogen-bond donors (Lipinski definition) is 2. The number of methoxy groups -OCH3 is 1. The molecule has 2 N–H and O–H groups in total. The molecule has 1 unspecified atom stereocenters. The summed E-state index contributed by atoms with van der Waals surface area (Å²) in [5.41, 5.74) is 0.790. The zero-order chi connectivity index (χ0) is 13.8. The van der Waals surface area contributed by atoms with Gasteiger partial charge in [0.1, 0.15) is 5.75 Å². The second-order valence-corrected chi connectivity index (χ2v) is 5.80. The van der Waals surface area contributed by atoms with Gasteiger partial charge in [-0.2, -0.15) is 0 Å². The van der Waals surface area contributed by atoms with E-state index in [1.165, 1.54) is 0 Å². The summed E-state index contributed by atoms with van der Waals surface area (Å²) in [6, 6.07) is 5.28. The van der Waals surface area contributed by atoms with Crippen LogP contribution in [0.25, 0.3) is 0 Å². The first-order chi connectivity index (χ1) is 8.33. The van der Waals surface area contributed by atoms with Gasteiger partial charge in [-0.15, -0.1) is 0 Å². The Morgan fingerprint density at radius 3 is 2.61 bits per heavy atom. The number of rotatable bonds is 5. The van der Waals surface area contributed by atoms with Crippen molar-refractivity contribution in [3.63, 3.8) is 0 Å². The predicted molar refractivity (Wildman–Crippen MR) is 75.3 cm³/mol. The second kappa shape index (κ2) is 6.41. The molecule has 1 atom stereocenters. The second-order valence-electron chi connectivity index (χ2n) is 5.37. The van der Waals surface area contributed by atoms with Gasteiger partial charge in [0.2, 0.25) is 0 Å². The fraction of sp³-hybridized carbons (Fsp3) is 0.571. The van der Waals surface area contributed by atoms with E-state index in [0.29, 0.717) is 17.2 Å². The molecule has 0 aliphatic heterocycles. The van der Waals surface area contributed by atoms with Crippen molar-refractivity contribution in [1.82, 2.24) is 5.32 Å². The highest BCUT2D eigenvalue weighted by Gasteiger charge is 2.15. The molecule has 0 aliphatic carbocycles. The van der Waals surface area contributed by atoms with Crippen LogP contribution in [-0.4, -0.2) is 24.3 Å². The zero-order valence-corrected chi connectivity index (χ0v) is 12.2. The Kier molecular flexibility index (Phi) is 5.45. The molecule has 0 saturated heterocycles. The van der Waals surface area contributed by atoms with E-state index in [-0.39, 0.29) is 5.54 Å². The Morgan fingerprint density at radius 1 is 1.39 bits per heavy atom. The Morgan fingerprint density at radius 2 is 2.06 bits per heavy atom. The molecule has 0 spiro atoms. The van der Waals surface area contributed by atoms with Gasteiger partial charge in [0.15, 0.2) is 0 Å². The highest BCUT2D eigenvalue weighted by atomic mass is 35.5. The number of aliphatic hydroxyl groups excluding tert-OH is 1. The third-order valence-electron chi connectivity index (χ3n) is 2.62. The Balaban J connectivity index is 2.66. The van der Waals surface area contributed by atoms with Crippen molar-refractivity contribution in [2.75, 3.05) is 13.7 Å². The number of hydrogen-bond acceptors (Lipinski definition) is 3. The maximum absolute atomic E-state index is 10.2. The molecule has 102 valence electrons. The average molecular weight is 272 g/mol. The van der Waals surface area contributed by atoms with Crippen LogP contribution in [0.3, 0.4) is 0 Å². The molecule has 0 heterocycles. The summed E-state index contributed by atoms with van der Waals surface area (Å²) in [6.07, 6.45) is 0.0436. The summed E-state index contributed by atoms with van der Waals surface area (Å²) in [5, 5.41) is 14.1. The highest BCUT2D eigenvalue weighted by Crippen LogP contribution is 2.29. The average Bonchev–Trinajstić information content (AvgIpc) is 2.27. The van der Waals surface area contributed by atoms with E-state index in [1.54, 1.807) is 25.3 Å². The van der Waals surface area contributed by atoms with Gasteiger partial charge in [0, 0.05) is 16.1 Å². The summed E-state index contributed by atoms with van der Waals surface area (Å²) in [4.78, 5) is 0. The highest BCUT2D eigenvalue weighted by molar-refractivity contribution is 6.30. The molecule has 4 heteroatoms. The van der Waals surface area contributed by atoms with Crippen molar-refractivity contribution in [3.05, 3.63) is 28.8 Å². The molecule has 3 nitrogen and oxygen atoms in total. The first kappa shape index (κ1) is 15.3. The monoisotopic (exact) mass is 271 g/mol. The van der Waals surface area contributed by atoms with E-state index in [0.717, 1.165) is 12.1 Å². The first-order valence-electron chi connectivity index (χ1n) is 6.10. The topological polar surface area (TPSA) is 41.5 Å². The molecule has 0 amide bonds. The number of benzene rings is 1. The fourth-order valence-electron chi connectivity index (χ4n) is 1.71. The van der Waals surface area contributed by atoms with Gasteiger partial charge in [-0.3, -0.25) is 0 Å². The molecule has 0 bridgehead atoms. The van der Waals surface area contributed by atoms with E-state index in [2.05, 4.69) is 26.1 Å². The van der Waals surface area contributed by atoms with E-state index < -0.39 is 6.10 Å². The molecule has 0 saturated carbocycles. The molecule has 0 aliphatic rings. The van der Waals surface area contributed by atoms with Gasteiger partial charge < -0.3 is 15.2 Å². The Hall–Kier alpha value is -0.770. The van der Waals surface area contributed by atoms with Gasteiger partial charge in [0.05, 0.1) is 13.2 Å². The van der Waals surface area contributed by atoms with E-state index in [4.69, 9.17) is 16.3 Å². The normalized spacial score (nSPS) is 13.4. The van der Waals surface area contributed by atoms with Gasteiger partial charge >= 0.3 is 0 Å². The van der Waals surface area contributed by atoms with Crippen LogP contribution >= 0.6 is 11.6 Å². The van der Waals surface area contributed by atoms with Crippen molar-refractivity contribution in [1.29, 1.82) is 0 Å². The minimum atomic E-state index is -0.575. The van der Waals surface area contributed by atoms with Crippen LogP contribution in [0.15, 0.2) is 18.2 Å². The minimum Gasteiger partial charge on any atom is -0.496 e. The van der Waals surface area contributed by atoms with Crippen molar-refractivity contribution < 1.29 is 9.84 Å². The molecule has 0 radical (unpaired) electrons. The summed E-state index contributed by atoms with van der Waals surface area (Å²) in [7, 11) is 1.59. The van der Waals surface area contributed by atoms with Crippen LogP contribution in [0.5, 0.6) is 5.75 Å². The maximum Gasteiger partial charge on any atom is 0.124 e. The number of nitrogens with one attached hydrogen (secondary N) is 1. The fourth-order valence-corrected chi connectivity index (χ4v) is 1.89. The van der Waals surface area contributed by atoms with Crippen LogP contribution < -0.4 is 10.1 Å². The predicted octanol–water partition coefficient (Wildman–Crippen LogP) is 3.16. The first-order valence-corrected chi connectivity index (χ1v) is 6.48. The lowest BCUT2D eigenvalue weighted by Gasteiger charge is -2.22.